The summed E-state index contributed by atoms with van der Waals surface area (Å²) in [6.45, 7) is 13.7. The lowest BCUT2D eigenvalue weighted by atomic mass is 10.2. The molecule has 0 aromatic heterocycles. The summed E-state index contributed by atoms with van der Waals surface area (Å²) < 4.78 is 0. The zero-order valence-corrected chi connectivity index (χ0v) is 11.1. The lowest BCUT2D eigenvalue weighted by Crippen LogP contribution is -2.31. The number of hydrogen-bond acceptors (Lipinski definition) is 2. The summed E-state index contributed by atoms with van der Waals surface area (Å²) in [6.07, 6.45) is 7.30. The molecule has 2 heteroatoms. The Morgan fingerprint density at radius 1 is 1.07 bits per heavy atom. The van der Waals surface area contributed by atoms with Crippen molar-refractivity contribution in [2.75, 3.05) is 13.1 Å². The van der Waals surface area contributed by atoms with Gasteiger partial charge in [-0.3, -0.25) is 0 Å². The van der Waals surface area contributed by atoms with Crippen molar-refractivity contribution in [2.24, 2.45) is 0 Å². The van der Waals surface area contributed by atoms with Gasteiger partial charge in [-0.05, 0) is 19.0 Å². The third-order valence-corrected chi connectivity index (χ3v) is 2.20. The van der Waals surface area contributed by atoms with E-state index in [1.54, 1.807) is 6.20 Å². The van der Waals surface area contributed by atoms with Crippen molar-refractivity contribution in [3.8, 4) is 0 Å². The lowest BCUT2D eigenvalue weighted by Gasteiger charge is -2.10. The molecule has 0 aliphatic heterocycles. The minimum absolute atomic E-state index is 0.793. The minimum Gasteiger partial charge on any atom is -0.390 e. The monoisotopic (exact) mass is 214 g/mol. The van der Waals surface area contributed by atoms with E-state index in [1.165, 1.54) is 25.7 Å². The van der Waals surface area contributed by atoms with E-state index in [9.17, 15) is 0 Å². The minimum atomic E-state index is 0.793. The Morgan fingerprint density at radius 2 is 1.60 bits per heavy atom. The fraction of sp³-hybridized carbons (Fsp3) is 0.846. The number of rotatable bonds is 5. The maximum absolute atomic E-state index is 3.59. The average Bonchev–Trinajstić information content (AvgIpc) is 2.83. The van der Waals surface area contributed by atoms with Gasteiger partial charge in [0, 0.05) is 19.1 Å². The van der Waals surface area contributed by atoms with Gasteiger partial charge < -0.3 is 10.6 Å². The largest absolute Gasteiger partial charge is 0.390 e. The van der Waals surface area contributed by atoms with Crippen LogP contribution in [0.25, 0.3) is 0 Å². The van der Waals surface area contributed by atoms with Gasteiger partial charge in [0.1, 0.15) is 0 Å². The molecule has 0 unspecified atom stereocenters. The van der Waals surface area contributed by atoms with Crippen LogP contribution in [0.15, 0.2) is 12.8 Å². The quantitative estimate of drug-likeness (QED) is 0.686. The lowest BCUT2D eigenvalue weighted by molar-refractivity contribution is 0.522. The Bertz CT molecular complexity index is 107. The summed E-state index contributed by atoms with van der Waals surface area (Å²) in [7, 11) is 0. The van der Waals surface area contributed by atoms with Crippen LogP contribution < -0.4 is 10.6 Å². The van der Waals surface area contributed by atoms with Crippen molar-refractivity contribution in [2.45, 2.75) is 59.4 Å². The molecular formula is C13H30N2. The van der Waals surface area contributed by atoms with E-state index < -0.39 is 0 Å². The summed E-state index contributed by atoms with van der Waals surface area (Å²) in [5.74, 6) is 0. The highest BCUT2D eigenvalue weighted by Crippen LogP contribution is 2.16. The molecule has 92 valence electrons. The van der Waals surface area contributed by atoms with Crippen LogP contribution in [-0.4, -0.2) is 19.1 Å². The van der Waals surface area contributed by atoms with E-state index in [2.05, 4.69) is 17.2 Å². The molecule has 1 aliphatic carbocycles. The van der Waals surface area contributed by atoms with Gasteiger partial charge in [0.25, 0.3) is 0 Å². The molecule has 2 nitrogen and oxygen atoms in total. The fourth-order valence-electron chi connectivity index (χ4n) is 1.58. The van der Waals surface area contributed by atoms with Crippen LogP contribution in [0.2, 0.25) is 0 Å². The molecule has 1 rings (SSSR count). The number of nitrogens with one attached hydrogen (secondary N) is 2. The maximum Gasteiger partial charge on any atom is 0.0266 e. The second-order valence-electron chi connectivity index (χ2n) is 3.09. The van der Waals surface area contributed by atoms with E-state index in [0.29, 0.717) is 0 Å². The standard InChI is InChI=1S/C9H18N2.2C2H6/c1-2-10-7-8-11-9-5-3-4-6-9;2*1-2/h2,9-11H,1,3-8H2;2*1-2H3. The third kappa shape index (κ3) is 11.4. The van der Waals surface area contributed by atoms with Crippen molar-refractivity contribution < 1.29 is 0 Å². The molecule has 15 heavy (non-hydrogen) atoms. The zero-order chi connectivity index (χ0) is 11.9. The first-order valence-corrected chi connectivity index (χ1v) is 6.51. The van der Waals surface area contributed by atoms with Gasteiger partial charge in [0.15, 0.2) is 0 Å². The fourth-order valence-corrected chi connectivity index (χ4v) is 1.58. The molecule has 0 bridgehead atoms. The van der Waals surface area contributed by atoms with Crippen LogP contribution >= 0.6 is 0 Å². The molecule has 0 amide bonds. The molecule has 2 N–H and O–H groups in total. The zero-order valence-electron chi connectivity index (χ0n) is 11.1. The van der Waals surface area contributed by atoms with E-state index in [-0.39, 0.29) is 0 Å². The molecule has 0 spiro atoms. The molecule has 1 aliphatic rings. The summed E-state index contributed by atoms with van der Waals surface area (Å²) in [5.41, 5.74) is 0. The summed E-state index contributed by atoms with van der Waals surface area (Å²) >= 11 is 0. The molecular weight excluding hydrogens is 184 g/mol. The first-order chi connectivity index (χ1) is 7.43. The van der Waals surface area contributed by atoms with Crippen LogP contribution in [-0.2, 0) is 0 Å². The van der Waals surface area contributed by atoms with Gasteiger partial charge in [-0.15, -0.1) is 0 Å². The molecule has 0 heterocycles. The molecule has 0 atom stereocenters. The highest BCUT2D eigenvalue weighted by atomic mass is 15.0. The van der Waals surface area contributed by atoms with Gasteiger partial charge in [-0.1, -0.05) is 47.1 Å². The Kier molecular flexibility index (Phi) is 18.0. The second kappa shape index (κ2) is 15.9. The van der Waals surface area contributed by atoms with Gasteiger partial charge in [0.2, 0.25) is 0 Å². The molecule has 1 saturated carbocycles. The Hall–Kier alpha value is -0.500. The van der Waals surface area contributed by atoms with Crippen LogP contribution in [0.3, 0.4) is 0 Å². The molecule has 0 radical (unpaired) electrons. The number of hydrogen-bond donors (Lipinski definition) is 2. The van der Waals surface area contributed by atoms with E-state index in [0.717, 1.165) is 19.1 Å². The van der Waals surface area contributed by atoms with E-state index in [1.807, 2.05) is 27.7 Å². The second-order valence-corrected chi connectivity index (χ2v) is 3.09. The van der Waals surface area contributed by atoms with Crippen molar-refractivity contribution in [3.05, 3.63) is 12.8 Å². The summed E-state index contributed by atoms with van der Waals surface area (Å²) in [5, 5.41) is 6.58. The first kappa shape index (κ1) is 16.9. The first-order valence-electron chi connectivity index (χ1n) is 6.51. The predicted octanol–water partition coefficient (Wildman–Crippen LogP) is 3.30. The van der Waals surface area contributed by atoms with Crippen LogP contribution in [0, 0.1) is 0 Å². The smallest absolute Gasteiger partial charge is 0.0266 e. The summed E-state index contributed by atoms with van der Waals surface area (Å²) in [4.78, 5) is 0. The topological polar surface area (TPSA) is 24.1 Å². The van der Waals surface area contributed by atoms with Crippen molar-refractivity contribution in [3.63, 3.8) is 0 Å². The van der Waals surface area contributed by atoms with Crippen LogP contribution in [0.5, 0.6) is 0 Å². The Labute approximate surface area is 96.5 Å². The van der Waals surface area contributed by atoms with Gasteiger partial charge in [-0.25, -0.2) is 0 Å². The van der Waals surface area contributed by atoms with E-state index in [4.69, 9.17) is 0 Å². The third-order valence-electron chi connectivity index (χ3n) is 2.20. The van der Waals surface area contributed by atoms with Crippen molar-refractivity contribution in [1.29, 1.82) is 0 Å². The Morgan fingerprint density at radius 3 is 2.07 bits per heavy atom. The molecule has 0 aromatic rings. The van der Waals surface area contributed by atoms with Crippen LogP contribution in [0.4, 0.5) is 0 Å². The molecule has 0 aromatic carbocycles. The highest BCUT2D eigenvalue weighted by Gasteiger charge is 2.12. The van der Waals surface area contributed by atoms with Gasteiger partial charge >= 0.3 is 0 Å². The van der Waals surface area contributed by atoms with E-state index >= 15 is 0 Å². The normalized spacial score (nSPS) is 14.4. The van der Waals surface area contributed by atoms with Crippen LogP contribution in [0.1, 0.15) is 53.4 Å². The SMILES string of the molecule is C=CNCCNC1CCCC1.CC.CC. The molecule has 0 saturated heterocycles. The van der Waals surface area contributed by atoms with Crippen molar-refractivity contribution >= 4 is 0 Å². The maximum atomic E-state index is 3.59. The van der Waals surface area contributed by atoms with Crippen molar-refractivity contribution in [1.82, 2.24) is 10.6 Å². The van der Waals surface area contributed by atoms with Gasteiger partial charge in [-0.2, -0.15) is 0 Å². The average molecular weight is 214 g/mol. The van der Waals surface area contributed by atoms with Gasteiger partial charge in [0.05, 0.1) is 0 Å². The Balaban J connectivity index is 0. The molecule has 1 fully saturated rings. The predicted molar refractivity (Wildman–Crippen MR) is 71.2 cm³/mol. The highest BCUT2D eigenvalue weighted by molar-refractivity contribution is 4.74. The summed E-state index contributed by atoms with van der Waals surface area (Å²) in [6, 6.07) is 0.793.